The van der Waals surface area contributed by atoms with Crippen molar-refractivity contribution in [2.45, 2.75) is 39.8 Å². The van der Waals surface area contributed by atoms with Crippen LogP contribution in [0, 0.1) is 25.5 Å². The Labute approximate surface area is 164 Å². The van der Waals surface area contributed by atoms with Crippen molar-refractivity contribution in [3.05, 3.63) is 64.7 Å². The van der Waals surface area contributed by atoms with Crippen molar-refractivity contribution in [3.8, 4) is 0 Å². The zero-order valence-electron chi connectivity index (χ0n) is 16.5. The predicted molar refractivity (Wildman–Crippen MR) is 106 cm³/mol. The van der Waals surface area contributed by atoms with Crippen LogP contribution in [0.3, 0.4) is 0 Å². The predicted octanol–water partition coefficient (Wildman–Crippen LogP) is 3.61. The molecule has 0 heterocycles. The average molecular weight is 410 g/mol. The third-order valence-electron chi connectivity index (χ3n) is 4.51. The topological polar surface area (TPSA) is 66.5 Å². The van der Waals surface area contributed by atoms with Crippen LogP contribution >= 0.6 is 0 Å². The van der Waals surface area contributed by atoms with Crippen LogP contribution in [0.1, 0.15) is 36.6 Å². The van der Waals surface area contributed by atoms with E-state index in [0.717, 1.165) is 45.5 Å². The first kappa shape index (κ1) is 21.8. The van der Waals surface area contributed by atoms with Crippen LogP contribution in [-0.4, -0.2) is 26.6 Å². The number of carbonyl (C=O) groups excluding carboxylic acids is 1. The van der Waals surface area contributed by atoms with Crippen LogP contribution in [0.2, 0.25) is 0 Å². The van der Waals surface area contributed by atoms with Gasteiger partial charge in [-0.3, -0.25) is 9.10 Å². The molecule has 0 aliphatic heterocycles. The summed E-state index contributed by atoms with van der Waals surface area (Å²) in [4.78, 5) is 12.8. The first-order valence-electron chi connectivity index (χ1n) is 8.73. The molecule has 1 N–H and O–H groups in total. The van der Waals surface area contributed by atoms with Gasteiger partial charge in [0.15, 0.2) is 11.6 Å². The molecule has 2 aromatic carbocycles. The van der Waals surface area contributed by atoms with Gasteiger partial charge in [0.2, 0.25) is 15.9 Å². The number of nitrogens with zero attached hydrogens (tertiary/aromatic N) is 1. The Morgan fingerprint density at radius 1 is 1.04 bits per heavy atom. The molecule has 5 nitrogen and oxygen atoms in total. The fourth-order valence-electron chi connectivity index (χ4n) is 3.07. The number of hydrogen-bond donors (Lipinski definition) is 1. The second-order valence-corrected chi connectivity index (χ2v) is 8.78. The van der Waals surface area contributed by atoms with E-state index in [1.165, 1.54) is 6.92 Å². The molecule has 0 spiro atoms. The largest absolute Gasteiger partial charge is 0.348 e. The maximum atomic E-state index is 13.6. The highest BCUT2D eigenvalue weighted by molar-refractivity contribution is 7.92. The minimum atomic E-state index is -3.92. The number of nitrogens with one attached hydrogen (secondary N) is 1. The first-order chi connectivity index (χ1) is 12.9. The van der Waals surface area contributed by atoms with E-state index in [-0.39, 0.29) is 11.7 Å². The lowest BCUT2D eigenvalue weighted by Gasteiger charge is -2.29. The summed E-state index contributed by atoms with van der Waals surface area (Å²) in [5, 5.41) is 2.80. The fourth-order valence-corrected chi connectivity index (χ4v) is 4.24. The molecule has 1 amide bonds. The second-order valence-electron chi connectivity index (χ2n) is 6.92. The number of hydrogen-bond acceptors (Lipinski definition) is 3. The highest BCUT2D eigenvalue weighted by Crippen LogP contribution is 2.24. The Bertz CT molecular complexity index is 993. The van der Waals surface area contributed by atoms with Gasteiger partial charge in [0.25, 0.3) is 0 Å². The summed E-state index contributed by atoms with van der Waals surface area (Å²) in [5.74, 6) is -2.84. The molecule has 0 aromatic heterocycles. The molecule has 152 valence electrons. The van der Waals surface area contributed by atoms with E-state index >= 15 is 0 Å². The molecular formula is C20H24F2N2O3S. The first-order valence-corrected chi connectivity index (χ1v) is 10.6. The van der Waals surface area contributed by atoms with Gasteiger partial charge in [0.1, 0.15) is 6.04 Å². The van der Waals surface area contributed by atoms with Crippen molar-refractivity contribution in [1.29, 1.82) is 0 Å². The van der Waals surface area contributed by atoms with Gasteiger partial charge >= 0.3 is 0 Å². The number of halogens is 2. The number of carbonyl (C=O) groups is 1. The van der Waals surface area contributed by atoms with Crippen LogP contribution < -0.4 is 9.62 Å². The number of aryl methyl sites for hydroxylation is 2. The maximum absolute atomic E-state index is 13.6. The zero-order valence-corrected chi connectivity index (χ0v) is 17.3. The molecule has 0 aliphatic carbocycles. The number of anilines is 1. The summed E-state index contributed by atoms with van der Waals surface area (Å²) < 4.78 is 52.1. The minimum Gasteiger partial charge on any atom is -0.348 e. The number of amides is 1. The van der Waals surface area contributed by atoms with E-state index in [2.05, 4.69) is 5.32 Å². The zero-order chi connectivity index (χ0) is 21.2. The molecule has 28 heavy (non-hydrogen) atoms. The highest BCUT2D eigenvalue weighted by Gasteiger charge is 2.30. The van der Waals surface area contributed by atoms with Crippen LogP contribution in [0.25, 0.3) is 0 Å². The number of sulfonamides is 1. The fraction of sp³-hybridized carbons (Fsp3) is 0.350. The Morgan fingerprint density at radius 3 is 2.25 bits per heavy atom. The van der Waals surface area contributed by atoms with Crippen molar-refractivity contribution in [1.82, 2.24) is 5.32 Å². The van der Waals surface area contributed by atoms with E-state index in [1.807, 2.05) is 32.0 Å². The van der Waals surface area contributed by atoms with Gasteiger partial charge in [-0.25, -0.2) is 17.2 Å². The minimum absolute atomic E-state index is 0.122. The van der Waals surface area contributed by atoms with Crippen molar-refractivity contribution in [2.75, 3.05) is 10.6 Å². The van der Waals surface area contributed by atoms with Crippen LogP contribution in [0.4, 0.5) is 14.5 Å². The van der Waals surface area contributed by atoms with E-state index in [0.29, 0.717) is 0 Å². The molecule has 2 rings (SSSR count). The van der Waals surface area contributed by atoms with E-state index in [1.54, 1.807) is 6.92 Å². The standard InChI is InChI=1S/C20H24F2N2O3S/c1-12-6-7-13(2)17(10-12)14(3)23-20(25)15(4)24(28(5,26)27)16-8-9-18(21)19(22)11-16/h6-11,14-15H,1-5H3,(H,23,25)/t14-,15-/m1/s1. The Morgan fingerprint density at radius 2 is 1.68 bits per heavy atom. The van der Waals surface area contributed by atoms with Crippen LogP contribution in [-0.2, 0) is 14.8 Å². The quantitative estimate of drug-likeness (QED) is 0.791. The van der Waals surface area contributed by atoms with Crippen molar-refractivity contribution >= 4 is 21.6 Å². The molecule has 2 atom stereocenters. The second kappa shape index (κ2) is 8.26. The molecule has 8 heteroatoms. The molecule has 0 aliphatic rings. The maximum Gasteiger partial charge on any atom is 0.244 e. The van der Waals surface area contributed by atoms with E-state index in [9.17, 15) is 22.0 Å². The van der Waals surface area contributed by atoms with Crippen molar-refractivity contribution in [3.63, 3.8) is 0 Å². The molecule has 0 fully saturated rings. The summed E-state index contributed by atoms with van der Waals surface area (Å²) in [5.41, 5.74) is 2.82. The van der Waals surface area contributed by atoms with Gasteiger partial charge in [-0.15, -0.1) is 0 Å². The van der Waals surface area contributed by atoms with E-state index < -0.39 is 33.6 Å². The molecule has 0 saturated heterocycles. The highest BCUT2D eigenvalue weighted by atomic mass is 32.2. The SMILES string of the molecule is Cc1ccc(C)c([C@@H](C)NC(=O)[C@@H](C)N(c2ccc(F)c(F)c2)S(C)(=O)=O)c1. The lowest BCUT2D eigenvalue weighted by atomic mass is 10.00. The third-order valence-corrected chi connectivity index (χ3v) is 5.75. The number of rotatable bonds is 6. The van der Waals surface area contributed by atoms with Gasteiger partial charge in [-0.1, -0.05) is 23.8 Å². The lowest BCUT2D eigenvalue weighted by molar-refractivity contribution is -0.122. The molecule has 0 bridgehead atoms. The Balaban J connectivity index is 2.31. The third kappa shape index (κ3) is 4.86. The van der Waals surface area contributed by atoms with Gasteiger partial charge in [0.05, 0.1) is 18.0 Å². The smallest absolute Gasteiger partial charge is 0.244 e. The lowest BCUT2D eigenvalue weighted by Crippen LogP contribution is -2.48. The Kier molecular flexibility index (Phi) is 6.44. The molecule has 0 radical (unpaired) electrons. The van der Waals surface area contributed by atoms with Gasteiger partial charge < -0.3 is 5.32 Å². The van der Waals surface area contributed by atoms with Crippen LogP contribution in [0.5, 0.6) is 0 Å². The average Bonchev–Trinajstić information content (AvgIpc) is 2.58. The van der Waals surface area contributed by atoms with Crippen molar-refractivity contribution in [2.24, 2.45) is 0 Å². The monoisotopic (exact) mass is 410 g/mol. The van der Waals surface area contributed by atoms with Gasteiger partial charge in [-0.05, 0) is 51.0 Å². The summed E-state index contributed by atoms with van der Waals surface area (Å²) >= 11 is 0. The molecule has 0 saturated carbocycles. The molecule has 2 aromatic rings. The van der Waals surface area contributed by atoms with Gasteiger partial charge in [-0.2, -0.15) is 0 Å². The summed E-state index contributed by atoms with van der Waals surface area (Å²) in [6, 6.07) is 7.05. The normalized spacial score (nSPS) is 13.7. The molecule has 0 unspecified atom stereocenters. The summed E-state index contributed by atoms with van der Waals surface area (Å²) in [6.07, 6.45) is 0.909. The number of benzene rings is 2. The Hall–Kier alpha value is -2.48. The summed E-state index contributed by atoms with van der Waals surface area (Å²) in [6.45, 7) is 7.06. The van der Waals surface area contributed by atoms with Crippen molar-refractivity contribution < 1.29 is 22.0 Å². The van der Waals surface area contributed by atoms with E-state index in [4.69, 9.17) is 0 Å². The van der Waals surface area contributed by atoms with Gasteiger partial charge in [0, 0.05) is 6.07 Å². The summed E-state index contributed by atoms with van der Waals surface area (Å²) in [7, 11) is -3.92. The van der Waals surface area contributed by atoms with Crippen LogP contribution in [0.15, 0.2) is 36.4 Å². The molecular weight excluding hydrogens is 386 g/mol.